The van der Waals surface area contributed by atoms with Crippen molar-refractivity contribution in [2.75, 3.05) is 26.7 Å². The molecule has 16 heavy (non-hydrogen) atoms. The molecule has 1 rings (SSSR count). The summed E-state index contributed by atoms with van der Waals surface area (Å²) in [5.41, 5.74) is 0.740. The zero-order valence-electron chi connectivity index (χ0n) is 10.2. The lowest BCUT2D eigenvalue weighted by Crippen LogP contribution is -2.25. The monoisotopic (exact) mass is 221 g/mol. The van der Waals surface area contributed by atoms with Crippen LogP contribution in [0.2, 0.25) is 0 Å². The van der Waals surface area contributed by atoms with Crippen LogP contribution in [0, 0.1) is 0 Å². The third kappa shape index (κ3) is 3.66. The molecule has 0 heterocycles. The Kier molecular flexibility index (Phi) is 4.99. The molecule has 1 aromatic rings. The summed E-state index contributed by atoms with van der Waals surface area (Å²) in [5.74, 6) is 0.954. The molecule has 3 heteroatoms. The van der Waals surface area contributed by atoms with Crippen LogP contribution in [0.4, 0.5) is 0 Å². The van der Waals surface area contributed by atoms with Gasteiger partial charge in [0.1, 0.15) is 5.75 Å². The molecule has 0 atom stereocenters. The molecule has 0 N–H and O–H groups in total. The van der Waals surface area contributed by atoms with Crippen molar-refractivity contribution in [3.05, 3.63) is 29.8 Å². The zero-order valence-corrected chi connectivity index (χ0v) is 10.2. The lowest BCUT2D eigenvalue weighted by atomic mass is 10.1. The average molecular weight is 221 g/mol. The molecule has 0 aromatic heterocycles. The number of benzene rings is 1. The minimum Gasteiger partial charge on any atom is -0.494 e. The summed E-state index contributed by atoms with van der Waals surface area (Å²) in [6, 6.07) is 7.30. The molecule has 0 saturated heterocycles. The van der Waals surface area contributed by atoms with E-state index in [1.807, 2.05) is 50.1 Å². The average Bonchev–Trinajstić information content (AvgIpc) is 2.30. The van der Waals surface area contributed by atoms with Gasteiger partial charge in [-0.1, -0.05) is 6.92 Å². The van der Waals surface area contributed by atoms with Crippen LogP contribution in [0.1, 0.15) is 24.2 Å². The van der Waals surface area contributed by atoms with Crippen molar-refractivity contribution in [3.63, 3.8) is 0 Å². The van der Waals surface area contributed by atoms with E-state index in [-0.39, 0.29) is 5.78 Å². The second kappa shape index (κ2) is 6.28. The molecule has 0 fully saturated rings. The first-order chi connectivity index (χ1) is 7.67. The van der Waals surface area contributed by atoms with E-state index in [0.717, 1.165) is 17.9 Å². The number of hydrogen-bond acceptors (Lipinski definition) is 3. The van der Waals surface area contributed by atoms with Gasteiger partial charge in [-0.25, -0.2) is 0 Å². The van der Waals surface area contributed by atoms with Crippen LogP contribution in [0.5, 0.6) is 5.75 Å². The Hall–Kier alpha value is -1.35. The molecule has 0 aliphatic carbocycles. The second-order valence-electron chi connectivity index (χ2n) is 3.71. The molecule has 88 valence electrons. The molecule has 0 aliphatic heterocycles. The van der Waals surface area contributed by atoms with E-state index >= 15 is 0 Å². The first kappa shape index (κ1) is 12.7. The van der Waals surface area contributed by atoms with Gasteiger partial charge in [-0.15, -0.1) is 0 Å². The number of rotatable bonds is 6. The minimum atomic E-state index is 0.146. The van der Waals surface area contributed by atoms with Crippen molar-refractivity contribution in [2.24, 2.45) is 0 Å². The van der Waals surface area contributed by atoms with E-state index in [9.17, 15) is 4.79 Å². The normalized spacial score (nSPS) is 10.5. The van der Waals surface area contributed by atoms with Gasteiger partial charge in [-0.05, 0) is 44.8 Å². The Morgan fingerprint density at radius 2 is 1.88 bits per heavy atom. The quantitative estimate of drug-likeness (QED) is 0.690. The van der Waals surface area contributed by atoms with Crippen molar-refractivity contribution in [1.29, 1.82) is 0 Å². The highest BCUT2D eigenvalue weighted by atomic mass is 16.5. The molecule has 1 aromatic carbocycles. The van der Waals surface area contributed by atoms with Crippen molar-refractivity contribution < 1.29 is 9.53 Å². The van der Waals surface area contributed by atoms with E-state index in [1.54, 1.807) is 0 Å². The lowest BCUT2D eigenvalue weighted by Gasteiger charge is -2.12. The number of likely N-dealkylation sites (N-methyl/N-ethyl adjacent to an activating group) is 1. The van der Waals surface area contributed by atoms with Crippen LogP contribution in [-0.4, -0.2) is 37.4 Å². The van der Waals surface area contributed by atoms with Crippen LogP contribution in [0.3, 0.4) is 0 Å². The summed E-state index contributed by atoms with van der Waals surface area (Å²) >= 11 is 0. The molecule has 0 saturated carbocycles. The van der Waals surface area contributed by atoms with Crippen molar-refractivity contribution in [3.8, 4) is 5.75 Å². The predicted octanol–water partition coefficient (Wildman–Crippen LogP) is 2.22. The Balaban J connectivity index is 2.63. The summed E-state index contributed by atoms with van der Waals surface area (Å²) in [4.78, 5) is 13.8. The number of hydrogen-bond donors (Lipinski definition) is 0. The summed E-state index contributed by atoms with van der Waals surface area (Å²) in [6.45, 7) is 5.96. The topological polar surface area (TPSA) is 29.5 Å². The van der Waals surface area contributed by atoms with Crippen LogP contribution < -0.4 is 4.74 Å². The highest BCUT2D eigenvalue weighted by Crippen LogP contribution is 2.12. The fraction of sp³-hybridized carbons (Fsp3) is 0.462. The van der Waals surface area contributed by atoms with E-state index in [4.69, 9.17) is 4.74 Å². The van der Waals surface area contributed by atoms with Gasteiger partial charge >= 0.3 is 0 Å². The Morgan fingerprint density at radius 1 is 1.25 bits per heavy atom. The van der Waals surface area contributed by atoms with E-state index in [0.29, 0.717) is 13.2 Å². The summed E-state index contributed by atoms with van der Waals surface area (Å²) in [7, 11) is 1.94. The van der Waals surface area contributed by atoms with Gasteiger partial charge in [-0.2, -0.15) is 0 Å². The van der Waals surface area contributed by atoms with Crippen molar-refractivity contribution in [2.45, 2.75) is 13.8 Å². The highest BCUT2D eigenvalue weighted by Gasteiger charge is 2.07. The number of ether oxygens (including phenoxy) is 1. The van der Waals surface area contributed by atoms with Crippen LogP contribution in [0.15, 0.2) is 24.3 Å². The van der Waals surface area contributed by atoms with Gasteiger partial charge < -0.3 is 4.74 Å². The summed E-state index contributed by atoms with van der Waals surface area (Å²) in [6.07, 6.45) is 0. The van der Waals surface area contributed by atoms with Crippen LogP contribution >= 0.6 is 0 Å². The summed E-state index contributed by atoms with van der Waals surface area (Å²) < 4.78 is 5.32. The van der Waals surface area contributed by atoms with E-state index in [2.05, 4.69) is 0 Å². The number of nitrogens with zero attached hydrogens (tertiary/aromatic N) is 1. The van der Waals surface area contributed by atoms with E-state index in [1.165, 1.54) is 0 Å². The first-order valence-corrected chi connectivity index (χ1v) is 5.62. The first-order valence-electron chi connectivity index (χ1n) is 5.62. The molecule has 0 aliphatic rings. The smallest absolute Gasteiger partial charge is 0.176 e. The molecule has 0 spiro atoms. The number of carbonyl (C=O) groups excluding carboxylic acids is 1. The molecular weight excluding hydrogens is 202 g/mol. The van der Waals surface area contributed by atoms with Gasteiger partial charge in [0, 0.05) is 5.56 Å². The second-order valence-corrected chi connectivity index (χ2v) is 3.71. The number of Topliss-reactive ketones (excluding diaryl/α,β-unsaturated/α-hetero) is 1. The van der Waals surface area contributed by atoms with Crippen molar-refractivity contribution >= 4 is 5.78 Å². The number of carbonyl (C=O) groups is 1. The zero-order chi connectivity index (χ0) is 12.0. The van der Waals surface area contributed by atoms with Gasteiger partial charge in [0.25, 0.3) is 0 Å². The molecular formula is C13H19NO2. The fourth-order valence-corrected chi connectivity index (χ4v) is 1.35. The standard InChI is InChI=1S/C13H19NO2/c1-4-14(3)10-13(15)11-6-8-12(9-7-11)16-5-2/h6-9H,4-5,10H2,1-3H3. The Bertz CT molecular complexity index is 332. The largest absolute Gasteiger partial charge is 0.494 e. The molecule has 3 nitrogen and oxygen atoms in total. The van der Waals surface area contributed by atoms with Gasteiger partial charge in [0.15, 0.2) is 5.78 Å². The Morgan fingerprint density at radius 3 is 2.38 bits per heavy atom. The van der Waals surface area contributed by atoms with Gasteiger partial charge in [-0.3, -0.25) is 9.69 Å². The molecule has 0 bridgehead atoms. The van der Waals surface area contributed by atoms with Crippen LogP contribution in [-0.2, 0) is 0 Å². The molecule has 0 unspecified atom stereocenters. The maximum absolute atomic E-state index is 11.8. The van der Waals surface area contributed by atoms with Crippen LogP contribution in [0.25, 0.3) is 0 Å². The molecule has 0 amide bonds. The number of ketones is 1. The predicted molar refractivity (Wildman–Crippen MR) is 65.1 cm³/mol. The highest BCUT2D eigenvalue weighted by molar-refractivity contribution is 5.97. The third-order valence-electron chi connectivity index (χ3n) is 2.44. The van der Waals surface area contributed by atoms with Gasteiger partial charge in [0.05, 0.1) is 13.2 Å². The minimum absolute atomic E-state index is 0.146. The van der Waals surface area contributed by atoms with E-state index < -0.39 is 0 Å². The molecule has 0 radical (unpaired) electrons. The Labute approximate surface area is 97.0 Å². The summed E-state index contributed by atoms with van der Waals surface area (Å²) in [5, 5.41) is 0. The van der Waals surface area contributed by atoms with Crippen molar-refractivity contribution in [1.82, 2.24) is 4.90 Å². The third-order valence-corrected chi connectivity index (χ3v) is 2.44. The fourth-order valence-electron chi connectivity index (χ4n) is 1.35. The maximum atomic E-state index is 11.8. The SMILES string of the molecule is CCOc1ccc(C(=O)CN(C)CC)cc1. The maximum Gasteiger partial charge on any atom is 0.176 e. The van der Waals surface area contributed by atoms with Gasteiger partial charge in [0.2, 0.25) is 0 Å². The lowest BCUT2D eigenvalue weighted by molar-refractivity contribution is 0.0949.